The van der Waals surface area contributed by atoms with Gasteiger partial charge in [-0.2, -0.15) is 0 Å². The van der Waals surface area contributed by atoms with E-state index in [1.165, 1.54) is 0 Å². The first kappa shape index (κ1) is 13.4. The molecule has 1 aliphatic heterocycles. The van der Waals surface area contributed by atoms with Gasteiger partial charge in [-0.1, -0.05) is 0 Å². The molecule has 0 saturated carbocycles. The van der Waals surface area contributed by atoms with Crippen LogP contribution < -0.4 is 5.32 Å². The lowest BCUT2D eigenvalue weighted by molar-refractivity contribution is 0.0674. The predicted molar refractivity (Wildman–Crippen MR) is 67.9 cm³/mol. The zero-order valence-electron chi connectivity index (χ0n) is 8.81. The second kappa shape index (κ2) is 5.61. The van der Waals surface area contributed by atoms with E-state index in [1.807, 2.05) is 13.1 Å². The second-order valence-electron chi connectivity index (χ2n) is 3.56. The Labute approximate surface area is 109 Å². The highest BCUT2D eigenvalue weighted by Gasteiger charge is 2.27. The van der Waals surface area contributed by atoms with Crippen molar-refractivity contribution in [3.8, 4) is 0 Å². The van der Waals surface area contributed by atoms with E-state index in [2.05, 4.69) is 26.2 Å². The molecule has 0 atom stereocenters. The molecule has 4 nitrogen and oxygen atoms in total. The van der Waals surface area contributed by atoms with Crippen molar-refractivity contribution in [1.82, 2.24) is 15.2 Å². The Morgan fingerprint density at radius 3 is 2.81 bits per heavy atom. The van der Waals surface area contributed by atoms with Crippen LogP contribution in [0.4, 0.5) is 0 Å². The smallest absolute Gasteiger partial charge is 0.273 e. The molecule has 2 heterocycles. The number of carbonyl (C=O) groups excluding carboxylic acids is 1. The first-order chi connectivity index (χ1) is 7.20. The molecule has 16 heavy (non-hydrogen) atoms. The molecule has 0 bridgehead atoms. The second-order valence-corrected chi connectivity index (χ2v) is 4.42. The first-order valence-corrected chi connectivity index (χ1v) is 5.58. The predicted octanol–water partition coefficient (Wildman–Crippen LogP) is 1.31. The quantitative estimate of drug-likeness (QED) is 0.896. The van der Waals surface area contributed by atoms with Crippen LogP contribution in [0.25, 0.3) is 0 Å². The van der Waals surface area contributed by atoms with E-state index in [4.69, 9.17) is 0 Å². The van der Waals surface area contributed by atoms with E-state index in [1.54, 1.807) is 17.2 Å². The van der Waals surface area contributed by atoms with E-state index in [9.17, 15) is 4.79 Å². The van der Waals surface area contributed by atoms with Crippen molar-refractivity contribution in [2.45, 2.75) is 6.04 Å². The third-order valence-corrected chi connectivity index (χ3v) is 3.23. The lowest BCUT2D eigenvalue weighted by Gasteiger charge is -2.35. The number of carbonyl (C=O) groups is 1. The van der Waals surface area contributed by atoms with Crippen molar-refractivity contribution >= 4 is 34.2 Å². The van der Waals surface area contributed by atoms with Gasteiger partial charge in [0, 0.05) is 30.8 Å². The van der Waals surface area contributed by atoms with Gasteiger partial charge in [0.2, 0.25) is 0 Å². The average molecular weight is 307 g/mol. The highest BCUT2D eigenvalue weighted by Crippen LogP contribution is 2.16. The summed E-state index contributed by atoms with van der Waals surface area (Å²) in [6.45, 7) is 1.74. The van der Waals surface area contributed by atoms with Gasteiger partial charge in [-0.3, -0.25) is 4.79 Å². The van der Waals surface area contributed by atoms with E-state index in [-0.39, 0.29) is 18.3 Å². The third kappa shape index (κ3) is 2.53. The molecule has 0 radical (unpaired) electrons. The number of likely N-dealkylation sites (N-methyl/N-ethyl adjacent to an activating group) is 1. The fourth-order valence-corrected chi connectivity index (χ4v) is 1.85. The fourth-order valence-electron chi connectivity index (χ4n) is 1.42. The standard InChI is InChI=1S/C10H12BrN3O.ClH/c1-14(7-5-12-6-7)10(15)9-8(11)3-2-4-13-9;/h2-4,7,12H,5-6H2,1H3;1H. The van der Waals surface area contributed by atoms with Crippen LogP contribution >= 0.6 is 28.3 Å². The van der Waals surface area contributed by atoms with Gasteiger partial charge >= 0.3 is 0 Å². The molecule has 1 amide bonds. The van der Waals surface area contributed by atoms with Crippen LogP contribution in [0.3, 0.4) is 0 Å². The van der Waals surface area contributed by atoms with Crippen molar-refractivity contribution in [2.75, 3.05) is 20.1 Å². The van der Waals surface area contributed by atoms with Crippen molar-refractivity contribution in [2.24, 2.45) is 0 Å². The molecule has 1 aromatic rings. The normalized spacial score (nSPS) is 14.9. The van der Waals surface area contributed by atoms with Crippen LogP contribution in [0, 0.1) is 0 Å². The largest absolute Gasteiger partial charge is 0.335 e. The Balaban J connectivity index is 0.00000128. The number of halogens is 2. The summed E-state index contributed by atoms with van der Waals surface area (Å²) in [4.78, 5) is 17.8. The van der Waals surface area contributed by atoms with Crippen molar-refractivity contribution in [3.63, 3.8) is 0 Å². The molecule has 0 spiro atoms. The summed E-state index contributed by atoms with van der Waals surface area (Å²) in [7, 11) is 1.81. The van der Waals surface area contributed by atoms with Gasteiger partial charge in [0.15, 0.2) is 0 Å². The lowest BCUT2D eigenvalue weighted by Crippen LogP contribution is -2.57. The lowest BCUT2D eigenvalue weighted by atomic mass is 10.1. The molecular formula is C10H13BrClN3O. The van der Waals surface area contributed by atoms with Crippen molar-refractivity contribution in [3.05, 3.63) is 28.5 Å². The number of hydrogen-bond donors (Lipinski definition) is 1. The Bertz CT molecular complexity index is 384. The van der Waals surface area contributed by atoms with Crippen LogP contribution in [0.1, 0.15) is 10.5 Å². The summed E-state index contributed by atoms with van der Waals surface area (Å²) in [6, 6.07) is 3.92. The Hall–Kier alpha value is -0.650. The SMILES string of the molecule is CN(C(=O)c1ncccc1Br)C1CNC1.Cl. The van der Waals surface area contributed by atoms with Crippen molar-refractivity contribution < 1.29 is 4.79 Å². The van der Waals surface area contributed by atoms with E-state index in [0.717, 1.165) is 17.6 Å². The summed E-state index contributed by atoms with van der Waals surface area (Å²) >= 11 is 3.33. The Morgan fingerprint density at radius 1 is 1.62 bits per heavy atom. The number of amides is 1. The number of hydrogen-bond acceptors (Lipinski definition) is 3. The van der Waals surface area contributed by atoms with Crippen LogP contribution in [0.2, 0.25) is 0 Å². The van der Waals surface area contributed by atoms with Gasteiger partial charge < -0.3 is 10.2 Å². The van der Waals surface area contributed by atoms with Crippen LogP contribution in [-0.2, 0) is 0 Å². The average Bonchev–Trinajstić information content (AvgIpc) is 2.15. The maximum atomic E-state index is 12.0. The van der Waals surface area contributed by atoms with Gasteiger partial charge in [0.25, 0.3) is 5.91 Å². The zero-order chi connectivity index (χ0) is 10.8. The molecule has 1 fully saturated rings. The zero-order valence-corrected chi connectivity index (χ0v) is 11.2. The van der Waals surface area contributed by atoms with Crippen molar-refractivity contribution in [1.29, 1.82) is 0 Å². The number of aromatic nitrogens is 1. The molecule has 0 aliphatic carbocycles. The summed E-state index contributed by atoms with van der Waals surface area (Å²) in [5.74, 6) is -0.0334. The topological polar surface area (TPSA) is 45.2 Å². The maximum absolute atomic E-state index is 12.0. The molecule has 0 unspecified atom stereocenters. The maximum Gasteiger partial charge on any atom is 0.273 e. The minimum absolute atomic E-state index is 0. The molecule has 88 valence electrons. The third-order valence-electron chi connectivity index (χ3n) is 2.59. The molecule has 2 rings (SSSR count). The van der Waals surface area contributed by atoms with Gasteiger partial charge in [-0.25, -0.2) is 4.98 Å². The van der Waals surface area contributed by atoms with Crippen LogP contribution in [0.5, 0.6) is 0 Å². The highest BCUT2D eigenvalue weighted by atomic mass is 79.9. The van der Waals surface area contributed by atoms with Crippen LogP contribution in [0.15, 0.2) is 22.8 Å². The summed E-state index contributed by atoms with van der Waals surface area (Å²) in [5.41, 5.74) is 0.479. The van der Waals surface area contributed by atoms with E-state index >= 15 is 0 Å². The minimum Gasteiger partial charge on any atom is -0.335 e. The molecule has 1 aromatic heterocycles. The molecule has 1 aliphatic rings. The fraction of sp³-hybridized carbons (Fsp3) is 0.400. The van der Waals surface area contributed by atoms with Gasteiger partial charge in [-0.15, -0.1) is 12.4 Å². The van der Waals surface area contributed by atoms with Gasteiger partial charge in [0.05, 0.1) is 6.04 Å². The summed E-state index contributed by atoms with van der Waals surface area (Å²) < 4.78 is 0.745. The summed E-state index contributed by atoms with van der Waals surface area (Å²) in [5, 5.41) is 3.14. The molecule has 0 aromatic carbocycles. The number of nitrogens with zero attached hydrogens (tertiary/aromatic N) is 2. The first-order valence-electron chi connectivity index (χ1n) is 4.78. The van der Waals surface area contributed by atoms with E-state index < -0.39 is 0 Å². The minimum atomic E-state index is -0.0334. The van der Waals surface area contributed by atoms with Gasteiger partial charge in [0.1, 0.15) is 5.69 Å². The number of pyridine rings is 1. The molecule has 1 N–H and O–H groups in total. The monoisotopic (exact) mass is 305 g/mol. The molecule has 1 saturated heterocycles. The number of nitrogens with one attached hydrogen (secondary N) is 1. The Kier molecular flexibility index (Phi) is 4.70. The van der Waals surface area contributed by atoms with E-state index in [0.29, 0.717) is 11.7 Å². The molecule has 6 heteroatoms. The Morgan fingerprint density at radius 2 is 2.31 bits per heavy atom. The van der Waals surface area contributed by atoms with Crippen LogP contribution in [-0.4, -0.2) is 42.0 Å². The van der Waals surface area contributed by atoms with Gasteiger partial charge in [-0.05, 0) is 28.1 Å². The molecular weight excluding hydrogens is 293 g/mol. The number of rotatable bonds is 2. The highest BCUT2D eigenvalue weighted by molar-refractivity contribution is 9.10. The summed E-state index contributed by atoms with van der Waals surface area (Å²) in [6.07, 6.45) is 1.63.